The van der Waals surface area contributed by atoms with Gasteiger partial charge >= 0.3 is 5.97 Å². The fourth-order valence-electron chi connectivity index (χ4n) is 3.26. The standard InChI is InChI=1S/C16H32N2O2/c1-12(11-16(5,17)14(19)20)18-9-6-7-13(8-10-18)15(2,3)4/h12-13H,6-11,17H2,1-5H3,(H,19,20). The van der Waals surface area contributed by atoms with Crippen LogP contribution in [0.5, 0.6) is 0 Å². The molecular formula is C16H32N2O2. The second kappa shape index (κ2) is 6.44. The van der Waals surface area contributed by atoms with Gasteiger partial charge in [0.05, 0.1) is 0 Å². The maximum absolute atomic E-state index is 11.1. The van der Waals surface area contributed by atoms with Gasteiger partial charge in [0.2, 0.25) is 0 Å². The molecule has 0 aromatic rings. The van der Waals surface area contributed by atoms with Crippen LogP contribution < -0.4 is 5.73 Å². The molecule has 20 heavy (non-hydrogen) atoms. The van der Waals surface area contributed by atoms with E-state index in [2.05, 4.69) is 32.6 Å². The van der Waals surface area contributed by atoms with Crippen molar-refractivity contribution in [2.45, 2.75) is 71.9 Å². The maximum atomic E-state index is 11.1. The number of aliphatic carboxylic acids is 1. The molecule has 0 aromatic carbocycles. The normalized spacial score (nSPS) is 26.6. The predicted molar refractivity (Wildman–Crippen MR) is 82.7 cm³/mol. The average Bonchev–Trinajstić information content (AvgIpc) is 2.52. The number of nitrogens with zero attached hydrogens (tertiary/aromatic N) is 1. The number of hydrogen-bond donors (Lipinski definition) is 2. The Morgan fingerprint density at radius 1 is 1.30 bits per heavy atom. The van der Waals surface area contributed by atoms with E-state index in [-0.39, 0.29) is 6.04 Å². The Hall–Kier alpha value is -0.610. The lowest BCUT2D eigenvalue weighted by molar-refractivity contribution is -0.143. The molecule has 0 saturated carbocycles. The predicted octanol–water partition coefficient (Wildman–Crippen LogP) is 2.72. The molecule has 0 aromatic heterocycles. The minimum atomic E-state index is -1.13. The molecule has 3 atom stereocenters. The van der Waals surface area contributed by atoms with Gasteiger partial charge in [-0.2, -0.15) is 0 Å². The summed E-state index contributed by atoms with van der Waals surface area (Å²) in [6.45, 7) is 12.8. The molecule has 3 N–H and O–H groups in total. The number of nitrogens with two attached hydrogens (primary N) is 1. The van der Waals surface area contributed by atoms with Crippen LogP contribution in [0.1, 0.15) is 60.3 Å². The summed E-state index contributed by atoms with van der Waals surface area (Å²) < 4.78 is 0. The Bertz CT molecular complexity index is 334. The molecule has 3 unspecified atom stereocenters. The topological polar surface area (TPSA) is 66.6 Å². The molecule has 4 nitrogen and oxygen atoms in total. The van der Waals surface area contributed by atoms with Crippen molar-refractivity contribution < 1.29 is 9.90 Å². The van der Waals surface area contributed by atoms with Crippen molar-refractivity contribution in [2.75, 3.05) is 13.1 Å². The molecule has 0 spiro atoms. The second-order valence-corrected chi connectivity index (χ2v) is 7.81. The summed E-state index contributed by atoms with van der Waals surface area (Å²) in [7, 11) is 0. The SMILES string of the molecule is CC(CC(C)(N)C(=O)O)N1CCCC(C(C)(C)C)CC1. The number of carbonyl (C=O) groups is 1. The molecule has 1 aliphatic heterocycles. The van der Waals surface area contributed by atoms with E-state index in [4.69, 9.17) is 10.8 Å². The van der Waals surface area contributed by atoms with E-state index in [1.54, 1.807) is 6.92 Å². The smallest absolute Gasteiger partial charge is 0.323 e. The van der Waals surface area contributed by atoms with Gasteiger partial charge in [-0.25, -0.2) is 0 Å². The molecule has 118 valence electrons. The van der Waals surface area contributed by atoms with Crippen LogP contribution >= 0.6 is 0 Å². The number of carboxylic acids is 1. The van der Waals surface area contributed by atoms with Crippen LogP contribution in [0.4, 0.5) is 0 Å². The van der Waals surface area contributed by atoms with E-state index in [1.165, 1.54) is 19.3 Å². The van der Waals surface area contributed by atoms with Crippen LogP contribution in [-0.2, 0) is 4.79 Å². The minimum Gasteiger partial charge on any atom is -0.480 e. The summed E-state index contributed by atoms with van der Waals surface area (Å²) in [5.41, 5.74) is 5.11. The Balaban J connectivity index is 2.59. The fraction of sp³-hybridized carbons (Fsp3) is 0.938. The quantitative estimate of drug-likeness (QED) is 0.833. The van der Waals surface area contributed by atoms with Crippen LogP contribution in [0.25, 0.3) is 0 Å². The van der Waals surface area contributed by atoms with Crippen LogP contribution in [0.2, 0.25) is 0 Å². The summed E-state index contributed by atoms with van der Waals surface area (Å²) in [6.07, 6.45) is 4.16. The maximum Gasteiger partial charge on any atom is 0.323 e. The highest BCUT2D eigenvalue weighted by Gasteiger charge is 2.33. The van der Waals surface area contributed by atoms with Crippen LogP contribution in [-0.4, -0.2) is 40.6 Å². The van der Waals surface area contributed by atoms with E-state index in [0.717, 1.165) is 19.0 Å². The third-order valence-corrected chi connectivity index (χ3v) is 4.82. The van der Waals surface area contributed by atoms with Gasteiger partial charge in [0, 0.05) is 6.04 Å². The van der Waals surface area contributed by atoms with Gasteiger partial charge in [-0.1, -0.05) is 20.8 Å². The van der Waals surface area contributed by atoms with Gasteiger partial charge in [-0.05, 0) is 64.0 Å². The zero-order valence-electron chi connectivity index (χ0n) is 13.8. The van der Waals surface area contributed by atoms with Crippen molar-refractivity contribution in [3.05, 3.63) is 0 Å². The lowest BCUT2D eigenvalue weighted by atomic mass is 9.77. The molecule has 1 fully saturated rings. The Kier molecular flexibility index (Phi) is 5.61. The van der Waals surface area contributed by atoms with Crippen LogP contribution in [0.15, 0.2) is 0 Å². The first-order chi connectivity index (χ1) is 9.04. The third kappa shape index (κ3) is 4.74. The lowest BCUT2D eigenvalue weighted by Crippen LogP contribution is -2.50. The molecule has 4 heteroatoms. The van der Waals surface area contributed by atoms with Gasteiger partial charge in [0.25, 0.3) is 0 Å². The van der Waals surface area contributed by atoms with Gasteiger partial charge in [0.1, 0.15) is 5.54 Å². The molecule has 0 amide bonds. The van der Waals surface area contributed by atoms with Crippen molar-refractivity contribution in [1.82, 2.24) is 4.90 Å². The lowest BCUT2D eigenvalue weighted by Gasteiger charge is -2.33. The van der Waals surface area contributed by atoms with Crippen molar-refractivity contribution in [1.29, 1.82) is 0 Å². The number of hydrogen-bond acceptors (Lipinski definition) is 3. The first kappa shape index (κ1) is 17.4. The molecular weight excluding hydrogens is 252 g/mol. The summed E-state index contributed by atoms with van der Waals surface area (Å²) in [4.78, 5) is 13.6. The summed E-state index contributed by atoms with van der Waals surface area (Å²) in [5.74, 6) is -0.157. The first-order valence-electron chi connectivity index (χ1n) is 7.80. The van der Waals surface area contributed by atoms with Crippen molar-refractivity contribution in [3.63, 3.8) is 0 Å². The molecule has 1 aliphatic rings. The van der Waals surface area contributed by atoms with E-state index < -0.39 is 11.5 Å². The molecule has 1 heterocycles. The summed E-state index contributed by atoms with van der Waals surface area (Å²) in [5, 5.41) is 9.15. The highest BCUT2D eigenvalue weighted by molar-refractivity contribution is 5.77. The monoisotopic (exact) mass is 284 g/mol. The highest BCUT2D eigenvalue weighted by Crippen LogP contribution is 2.34. The fourth-order valence-corrected chi connectivity index (χ4v) is 3.26. The van der Waals surface area contributed by atoms with Gasteiger partial charge in [-0.15, -0.1) is 0 Å². The number of carboxylic acid groups (broad SMARTS) is 1. The van der Waals surface area contributed by atoms with Crippen molar-refractivity contribution in [2.24, 2.45) is 17.1 Å². The van der Waals surface area contributed by atoms with E-state index in [9.17, 15) is 4.79 Å². The Morgan fingerprint density at radius 3 is 2.40 bits per heavy atom. The molecule has 1 rings (SSSR count). The van der Waals surface area contributed by atoms with Gasteiger partial charge in [-0.3, -0.25) is 4.79 Å². The zero-order valence-corrected chi connectivity index (χ0v) is 13.8. The van der Waals surface area contributed by atoms with E-state index >= 15 is 0 Å². The highest BCUT2D eigenvalue weighted by atomic mass is 16.4. The molecule has 1 saturated heterocycles. The van der Waals surface area contributed by atoms with E-state index in [1.807, 2.05) is 0 Å². The average molecular weight is 284 g/mol. The largest absolute Gasteiger partial charge is 0.480 e. The third-order valence-electron chi connectivity index (χ3n) is 4.82. The first-order valence-corrected chi connectivity index (χ1v) is 7.80. The zero-order chi connectivity index (χ0) is 15.6. The summed E-state index contributed by atoms with van der Waals surface area (Å²) >= 11 is 0. The molecule has 0 bridgehead atoms. The Labute approximate surface area is 123 Å². The van der Waals surface area contributed by atoms with Crippen LogP contribution in [0.3, 0.4) is 0 Å². The summed E-state index contributed by atoms with van der Waals surface area (Å²) in [6, 6.07) is 0.222. The van der Waals surface area contributed by atoms with Crippen LogP contribution in [0, 0.1) is 11.3 Å². The van der Waals surface area contributed by atoms with E-state index in [0.29, 0.717) is 11.8 Å². The molecule has 0 aliphatic carbocycles. The van der Waals surface area contributed by atoms with Crippen molar-refractivity contribution in [3.8, 4) is 0 Å². The van der Waals surface area contributed by atoms with Crippen molar-refractivity contribution >= 4 is 5.97 Å². The van der Waals surface area contributed by atoms with Gasteiger partial charge in [0.15, 0.2) is 0 Å². The Morgan fingerprint density at radius 2 is 1.90 bits per heavy atom. The number of rotatable bonds is 4. The number of likely N-dealkylation sites (tertiary alicyclic amines) is 1. The second-order valence-electron chi connectivity index (χ2n) is 7.81. The minimum absolute atomic E-state index is 0.222. The van der Waals surface area contributed by atoms with Gasteiger partial charge < -0.3 is 15.7 Å². The molecule has 0 radical (unpaired) electrons.